The van der Waals surface area contributed by atoms with Crippen molar-refractivity contribution < 1.29 is 19.1 Å². The van der Waals surface area contributed by atoms with E-state index in [1.807, 2.05) is 43.5 Å². The first-order chi connectivity index (χ1) is 12.1. The molecule has 0 spiro atoms. The molecule has 0 aliphatic carbocycles. The number of benzene rings is 2. The fraction of sp³-hybridized carbons (Fsp3) is 0.200. The summed E-state index contributed by atoms with van der Waals surface area (Å²) in [7, 11) is 0. The van der Waals surface area contributed by atoms with E-state index in [4.69, 9.17) is 9.47 Å². The van der Waals surface area contributed by atoms with Crippen LogP contribution < -0.4 is 0 Å². The Kier molecular flexibility index (Phi) is 5.14. The van der Waals surface area contributed by atoms with E-state index in [-0.39, 0.29) is 19.1 Å². The summed E-state index contributed by atoms with van der Waals surface area (Å²) >= 11 is 0. The molecule has 1 unspecified atom stereocenters. The first kappa shape index (κ1) is 16.8. The first-order valence-corrected chi connectivity index (χ1v) is 8.09. The van der Waals surface area contributed by atoms with Crippen LogP contribution in [-0.4, -0.2) is 23.7 Å². The van der Waals surface area contributed by atoms with Crippen LogP contribution in [0.4, 0.5) is 0 Å². The number of hydrogen-bond donors (Lipinski definition) is 1. The number of carbonyl (C=O) groups excluding carboxylic acids is 2. The molecule has 3 rings (SSSR count). The molecule has 25 heavy (non-hydrogen) atoms. The Morgan fingerprint density at radius 3 is 2.52 bits per heavy atom. The minimum Gasteiger partial charge on any atom is -0.428 e. The molecule has 1 aromatic heterocycles. The number of aromatic amines is 1. The quantitative estimate of drug-likeness (QED) is 0.545. The summed E-state index contributed by atoms with van der Waals surface area (Å²) < 4.78 is 9.98. The monoisotopic (exact) mass is 337 g/mol. The number of aromatic nitrogens is 1. The minimum atomic E-state index is -0.516. The number of hydrogen-bond acceptors (Lipinski definition) is 4. The number of ether oxygens (including phenoxy) is 2. The molecule has 0 bridgehead atoms. The third-order valence-electron chi connectivity index (χ3n) is 4.04. The Labute approximate surface area is 145 Å². The van der Waals surface area contributed by atoms with Gasteiger partial charge in [-0.2, -0.15) is 0 Å². The molecule has 0 radical (unpaired) electrons. The zero-order chi connectivity index (χ0) is 17.6. The largest absolute Gasteiger partial charge is 0.428 e. The molecule has 1 N–H and O–H groups in total. The number of H-pyrrole nitrogens is 1. The average molecular weight is 337 g/mol. The van der Waals surface area contributed by atoms with Crippen LogP contribution >= 0.6 is 0 Å². The van der Waals surface area contributed by atoms with E-state index in [9.17, 15) is 9.59 Å². The van der Waals surface area contributed by atoms with Crippen LogP contribution in [0.3, 0.4) is 0 Å². The lowest BCUT2D eigenvalue weighted by molar-refractivity contribution is -0.152. The van der Waals surface area contributed by atoms with E-state index < -0.39 is 11.9 Å². The lowest BCUT2D eigenvalue weighted by Crippen LogP contribution is -2.14. The van der Waals surface area contributed by atoms with Crippen molar-refractivity contribution in [3.63, 3.8) is 0 Å². The van der Waals surface area contributed by atoms with Crippen LogP contribution in [0, 0.1) is 0 Å². The fourth-order valence-corrected chi connectivity index (χ4v) is 2.73. The summed E-state index contributed by atoms with van der Waals surface area (Å²) in [6.45, 7) is 1.58. The van der Waals surface area contributed by atoms with Gasteiger partial charge in [-0.1, -0.05) is 43.3 Å². The van der Waals surface area contributed by atoms with Crippen molar-refractivity contribution in [3.05, 3.63) is 71.9 Å². The molecular formula is C20H19NO4. The number of rotatable bonds is 6. The first-order valence-electron chi connectivity index (χ1n) is 8.09. The van der Waals surface area contributed by atoms with Gasteiger partial charge in [0.15, 0.2) is 0 Å². The fourth-order valence-electron chi connectivity index (χ4n) is 2.73. The molecule has 2 aromatic carbocycles. The molecule has 0 saturated heterocycles. The van der Waals surface area contributed by atoms with E-state index in [1.165, 1.54) is 0 Å². The number of carbonyl (C=O) groups is 2. The zero-order valence-electron chi connectivity index (χ0n) is 13.9. The van der Waals surface area contributed by atoms with Gasteiger partial charge < -0.3 is 14.5 Å². The summed E-state index contributed by atoms with van der Waals surface area (Å²) in [6.07, 6.45) is 2.13. The number of nitrogens with one attached hydrogen (secondary N) is 1. The Morgan fingerprint density at radius 2 is 1.72 bits per heavy atom. The molecule has 5 heteroatoms. The highest BCUT2D eigenvalue weighted by atomic mass is 16.7. The maximum absolute atomic E-state index is 12.0. The third kappa shape index (κ3) is 4.07. The molecule has 0 saturated carbocycles. The number of para-hydroxylation sites is 1. The Bertz CT molecular complexity index is 870. The van der Waals surface area contributed by atoms with Crippen molar-refractivity contribution >= 4 is 22.8 Å². The molecule has 0 aliphatic heterocycles. The van der Waals surface area contributed by atoms with Crippen LogP contribution in [0.25, 0.3) is 10.9 Å². The standard InChI is InChI=1S/C20H19NO4/c1-14(17-12-21-18-10-6-5-9-16(17)18)11-19(22)24-13-25-20(23)15-7-3-2-4-8-15/h2-10,12,14,21H,11,13H2,1H3. The van der Waals surface area contributed by atoms with E-state index in [0.717, 1.165) is 16.5 Å². The molecular weight excluding hydrogens is 318 g/mol. The van der Waals surface area contributed by atoms with Crippen molar-refractivity contribution in [2.24, 2.45) is 0 Å². The molecule has 1 atom stereocenters. The zero-order valence-corrected chi connectivity index (χ0v) is 13.9. The maximum Gasteiger partial charge on any atom is 0.340 e. The predicted molar refractivity (Wildman–Crippen MR) is 94.1 cm³/mol. The van der Waals surface area contributed by atoms with Crippen LogP contribution in [-0.2, 0) is 14.3 Å². The molecule has 0 fully saturated rings. The summed E-state index contributed by atoms with van der Waals surface area (Å²) in [5.74, 6) is -0.926. The lowest BCUT2D eigenvalue weighted by Gasteiger charge is -2.11. The molecule has 128 valence electrons. The second-order valence-electron chi connectivity index (χ2n) is 5.83. The van der Waals surface area contributed by atoms with E-state index >= 15 is 0 Å². The van der Waals surface area contributed by atoms with Gasteiger partial charge in [0.05, 0.1) is 12.0 Å². The smallest absolute Gasteiger partial charge is 0.340 e. The van der Waals surface area contributed by atoms with Gasteiger partial charge in [0.2, 0.25) is 6.79 Å². The minimum absolute atomic E-state index is 0.00604. The Morgan fingerprint density at radius 1 is 1.00 bits per heavy atom. The lowest BCUT2D eigenvalue weighted by atomic mass is 9.97. The van der Waals surface area contributed by atoms with Gasteiger partial charge in [-0.15, -0.1) is 0 Å². The average Bonchev–Trinajstić information content (AvgIpc) is 3.06. The van der Waals surface area contributed by atoms with E-state index in [2.05, 4.69) is 4.98 Å². The normalized spacial score (nSPS) is 11.9. The van der Waals surface area contributed by atoms with Crippen LogP contribution in [0.5, 0.6) is 0 Å². The Balaban J connectivity index is 1.50. The van der Waals surface area contributed by atoms with Gasteiger partial charge in [0, 0.05) is 17.1 Å². The summed E-state index contributed by atoms with van der Waals surface area (Å²) in [6, 6.07) is 16.5. The highest BCUT2D eigenvalue weighted by molar-refractivity contribution is 5.89. The summed E-state index contributed by atoms with van der Waals surface area (Å²) in [4.78, 5) is 26.9. The maximum atomic E-state index is 12.0. The van der Waals surface area contributed by atoms with Gasteiger partial charge >= 0.3 is 11.9 Å². The Hall–Kier alpha value is -3.08. The van der Waals surface area contributed by atoms with Crippen molar-refractivity contribution in [1.82, 2.24) is 4.98 Å². The number of esters is 2. The van der Waals surface area contributed by atoms with Crippen LogP contribution in [0.1, 0.15) is 35.2 Å². The van der Waals surface area contributed by atoms with E-state index in [0.29, 0.717) is 5.56 Å². The highest BCUT2D eigenvalue weighted by Gasteiger charge is 2.16. The SMILES string of the molecule is CC(CC(=O)OCOC(=O)c1ccccc1)c1c[nH]c2ccccc12. The van der Waals surface area contributed by atoms with Crippen molar-refractivity contribution in [2.45, 2.75) is 19.3 Å². The van der Waals surface area contributed by atoms with Gasteiger partial charge in [-0.25, -0.2) is 4.79 Å². The van der Waals surface area contributed by atoms with Gasteiger partial charge in [-0.05, 0) is 29.7 Å². The summed E-state index contributed by atoms with van der Waals surface area (Å²) in [5, 5.41) is 1.10. The molecule has 5 nitrogen and oxygen atoms in total. The van der Waals surface area contributed by atoms with Crippen LogP contribution in [0.15, 0.2) is 60.8 Å². The van der Waals surface area contributed by atoms with Crippen LogP contribution in [0.2, 0.25) is 0 Å². The molecule has 1 heterocycles. The molecule has 0 aliphatic rings. The van der Waals surface area contributed by atoms with Gasteiger partial charge in [0.1, 0.15) is 0 Å². The molecule has 3 aromatic rings. The molecule has 0 amide bonds. The van der Waals surface area contributed by atoms with Gasteiger partial charge in [-0.3, -0.25) is 4.79 Å². The van der Waals surface area contributed by atoms with E-state index in [1.54, 1.807) is 24.3 Å². The topological polar surface area (TPSA) is 68.4 Å². The van der Waals surface area contributed by atoms with Crippen molar-refractivity contribution in [1.29, 1.82) is 0 Å². The number of fused-ring (bicyclic) bond motifs is 1. The van der Waals surface area contributed by atoms with Gasteiger partial charge in [0.25, 0.3) is 0 Å². The second-order valence-corrected chi connectivity index (χ2v) is 5.83. The predicted octanol–water partition coefficient (Wildman–Crippen LogP) is 4.02. The summed E-state index contributed by atoms with van der Waals surface area (Å²) in [5.41, 5.74) is 2.52. The van der Waals surface area contributed by atoms with Crippen molar-refractivity contribution in [2.75, 3.05) is 6.79 Å². The highest BCUT2D eigenvalue weighted by Crippen LogP contribution is 2.27. The van der Waals surface area contributed by atoms with Crippen molar-refractivity contribution in [3.8, 4) is 0 Å². The third-order valence-corrected chi connectivity index (χ3v) is 4.04. The second kappa shape index (κ2) is 7.66.